The van der Waals surface area contributed by atoms with Crippen LogP contribution in [0.15, 0.2) is 4.52 Å². The molecular weight excluding hydrogens is 278 g/mol. The Balaban J connectivity index is 1.94. The molecule has 6 nitrogen and oxygen atoms in total. The maximum absolute atomic E-state index is 11.1. The third-order valence-corrected chi connectivity index (χ3v) is 4.93. The Morgan fingerprint density at radius 2 is 2.00 bits per heavy atom. The maximum Gasteiger partial charge on any atom is 0.243 e. The van der Waals surface area contributed by atoms with Gasteiger partial charge in [0, 0.05) is 12.2 Å². The predicted octanol–water partition coefficient (Wildman–Crippen LogP) is 1.80. The number of nitrogens with zero attached hydrogens (tertiary/aromatic N) is 2. The highest BCUT2D eigenvalue weighted by Crippen LogP contribution is 2.34. The van der Waals surface area contributed by atoms with Gasteiger partial charge in [-0.15, -0.1) is 0 Å². The van der Waals surface area contributed by atoms with Gasteiger partial charge in [0.25, 0.3) is 0 Å². The van der Waals surface area contributed by atoms with Gasteiger partial charge >= 0.3 is 0 Å². The lowest BCUT2D eigenvalue weighted by Crippen LogP contribution is -2.16. The lowest BCUT2D eigenvalue weighted by molar-refractivity contribution is 0.318. The molecule has 0 spiro atoms. The molecule has 0 bridgehead atoms. The molecule has 0 saturated heterocycles. The Kier molecular flexibility index (Phi) is 4.80. The van der Waals surface area contributed by atoms with Crippen LogP contribution in [0.3, 0.4) is 0 Å². The molecule has 0 aromatic carbocycles. The normalized spacial score (nSPS) is 25.6. The minimum atomic E-state index is -3.02. The van der Waals surface area contributed by atoms with Crippen LogP contribution in [0.4, 0.5) is 0 Å². The van der Waals surface area contributed by atoms with Crippen LogP contribution in [-0.2, 0) is 9.84 Å². The summed E-state index contributed by atoms with van der Waals surface area (Å²) in [4.78, 5) is 4.36. The van der Waals surface area contributed by atoms with Gasteiger partial charge in [0.15, 0.2) is 5.82 Å². The van der Waals surface area contributed by atoms with Crippen molar-refractivity contribution in [1.82, 2.24) is 10.1 Å². The molecule has 1 aliphatic rings. The van der Waals surface area contributed by atoms with Gasteiger partial charge in [-0.05, 0) is 25.2 Å². The van der Waals surface area contributed by atoms with E-state index in [9.17, 15) is 8.42 Å². The van der Waals surface area contributed by atoms with Gasteiger partial charge in [0.1, 0.15) is 9.84 Å². The van der Waals surface area contributed by atoms with Crippen LogP contribution >= 0.6 is 0 Å². The second-order valence-electron chi connectivity index (χ2n) is 5.97. The van der Waals surface area contributed by atoms with Crippen molar-refractivity contribution >= 4 is 9.84 Å². The molecule has 1 saturated carbocycles. The van der Waals surface area contributed by atoms with Crippen molar-refractivity contribution in [3.8, 4) is 0 Å². The van der Waals surface area contributed by atoms with Crippen LogP contribution in [0.2, 0.25) is 0 Å². The van der Waals surface area contributed by atoms with Crippen molar-refractivity contribution in [3.05, 3.63) is 11.7 Å². The summed E-state index contributed by atoms with van der Waals surface area (Å²) < 4.78 is 27.4. The fraction of sp³-hybridized carbons (Fsp3) is 0.846. The Labute approximate surface area is 120 Å². The number of rotatable bonds is 5. The summed E-state index contributed by atoms with van der Waals surface area (Å²) in [5, 5.41) is 4.01. The Bertz CT molecular complexity index is 533. The quantitative estimate of drug-likeness (QED) is 0.890. The Morgan fingerprint density at radius 1 is 1.35 bits per heavy atom. The summed E-state index contributed by atoms with van der Waals surface area (Å²) in [6.45, 7) is 2.26. The van der Waals surface area contributed by atoms with Crippen molar-refractivity contribution in [2.45, 2.75) is 51.0 Å². The van der Waals surface area contributed by atoms with Crippen molar-refractivity contribution in [2.24, 2.45) is 11.7 Å². The third kappa shape index (κ3) is 4.28. The average molecular weight is 301 g/mol. The fourth-order valence-electron chi connectivity index (χ4n) is 2.55. The highest BCUT2D eigenvalue weighted by molar-refractivity contribution is 7.90. The van der Waals surface area contributed by atoms with E-state index in [0.717, 1.165) is 24.6 Å². The molecule has 1 fully saturated rings. The highest BCUT2D eigenvalue weighted by Gasteiger charge is 2.25. The minimum Gasteiger partial charge on any atom is -0.338 e. The molecule has 7 heteroatoms. The number of hydrogen-bond donors (Lipinski definition) is 1. The topological polar surface area (TPSA) is 99.1 Å². The zero-order valence-electron chi connectivity index (χ0n) is 12.1. The van der Waals surface area contributed by atoms with Crippen LogP contribution in [0, 0.1) is 5.92 Å². The van der Waals surface area contributed by atoms with Crippen LogP contribution in [0.5, 0.6) is 0 Å². The fourth-order valence-corrected chi connectivity index (χ4v) is 3.23. The summed E-state index contributed by atoms with van der Waals surface area (Å²) in [5.74, 6) is 2.23. The molecule has 0 radical (unpaired) electrons. The van der Waals surface area contributed by atoms with Crippen LogP contribution in [0.25, 0.3) is 0 Å². The second-order valence-corrected chi connectivity index (χ2v) is 8.23. The van der Waals surface area contributed by atoms with Gasteiger partial charge < -0.3 is 10.3 Å². The van der Waals surface area contributed by atoms with E-state index in [1.54, 1.807) is 0 Å². The number of aromatic nitrogens is 2. The zero-order valence-corrected chi connectivity index (χ0v) is 12.9. The Hall–Kier alpha value is -0.950. The minimum absolute atomic E-state index is 0.0345. The summed E-state index contributed by atoms with van der Waals surface area (Å²) in [5.41, 5.74) is 5.91. The lowest BCUT2D eigenvalue weighted by Gasteiger charge is -2.23. The van der Waals surface area contributed by atoms with E-state index in [-0.39, 0.29) is 5.75 Å². The van der Waals surface area contributed by atoms with Gasteiger partial charge in [-0.25, -0.2) is 8.42 Å². The molecule has 20 heavy (non-hydrogen) atoms. The van der Waals surface area contributed by atoms with Gasteiger partial charge in [0.2, 0.25) is 5.89 Å². The van der Waals surface area contributed by atoms with E-state index < -0.39 is 15.9 Å². The monoisotopic (exact) mass is 301 g/mol. The van der Waals surface area contributed by atoms with Gasteiger partial charge in [-0.2, -0.15) is 4.98 Å². The molecule has 1 atom stereocenters. The van der Waals surface area contributed by atoms with Gasteiger partial charge in [-0.3, -0.25) is 0 Å². The van der Waals surface area contributed by atoms with Crippen LogP contribution in [-0.4, -0.2) is 30.6 Å². The highest BCUT2D eigenvalue weighted by atomic mass is 32.2. The molecule has 2 N–H and O–H groups in total. The second kappa shape index (κ2) is 6.22. The first-order valence-corrected chi connectivity index (χ1v) is 9.18. The van der Waals surface area contributed by atoms with Gasteiger partial charge in [0.05, 0.1) is 11.8 Å². The summed E-state index contributed by atoms with van der Waals surface area (Å²) in [6, 6.07) is -0.506. The molecule has 1 aromatic rings. The van der Waals surface area contributed by atoms with Crippen LogP contribution in [0.1, 0.15) is 62.7 Å². The molecule has 0 aliphatic heterocycles. The van der Waals surface area contributed by atoms with E-state index in [1.165, 1.54) is 19.1 Å². The van der Waals surface area contributed by atoms with Gasteiger partial charge in [-0.1, -0.05) is 24.9 Å². The summed E-state index contributed by atoms with van der Waals surface area (Å²) >= 11 is 0. The number of nitrogens with two attached hydrogens (primary N) is 1. The predicted molar refractivity (Wildman–Crippen MR) is 75.9 cm³/mol. The summed E-state index contributed by atoms with van der Waals surface area (Å²) in [6.07, 6.45) is 6.05. The zero-order chi connectivity index (χ0) is 14.8. The van der Waals surface area contributed by atoms with Crippen LogP contribution < -0.4 is 5.73 Å². The van der Waals surface area contributed by atoms with E-state index >= 15 is 0 Å². The SMILES string of the molecule is CC1CCC(c2noc(C(N)CCS(C)(=O)=O)n2)CC1. The smallest absolute Gasteiger partial charge is 0.243 e. The maximum atomic E-state index is 11.1. The van der Waals surface area contributed by atoms with E-state index in [4.69, 9.17) is 10.3 Å². The van der Waals surface area contributed by atoms with Crippen molar-refractivity contribution < 1.29 is 12.9 Å². The largest absolute Gasteiger partial charge is 0.338 e. The van der Waals surface area contributed by atoms with E-state index in [1.807, 2.05) is 0 Å². The van der Waals surface area contributed by atoms with E-state index in [2.05, 4.69) is 17.1 Å². The lowest BCUT2D eigenvalue weighted by atomic mass is 9.83. The molecule has 114 valence electrons. The van der Waals surface area contributed by atoms with Crippen molar-refractivity contribution in [1.29, 1.82) is 0 Å². The molecule has 1 aromatic heterocycles. The van der Waals surface area contributed by atoms with Crippen molar-refractivity contribution in [2.75, 3.05) is 12.0 Å². The molecule has 1 unspecified atom stereocenters. The molecule has 0 amide bonds. The first-order valence-electron chi connectivity index (χ1n) is 7.12. The average Bonchev–Trinajstić information content (AvgIpc) is 2.85. The summed E-state index contributed by atoms with van der Waals surface area (Å²) in [7, 11) is -3.02. The molecular formula is C13H23N3O3S. The molecule has 2 rings (SSSR count). The Morgan fingerprint density at radius 3 is 2.60 bits per heavy atom. The first-order chi connectivity index (χ1) is 9.35. The molecule has 1 aliphatic carbocycles. The standard InChI is InChI=1S/C13H23N3O3S/c1-9-3-5-10(6-4-9)12-15-13(19-16-12)11(14)7-8-20(2,17)18/h9-11H,3-8,14H2,1-2H3. The van der Waals surface area contributed by atoms with Crippen molar-refractivity contribution in [3.63, 3.8) is 0 Å². The first kappa shape index (κ1) is 15.4. The number of hydrogen-bond acceptors (Lipinski definition) is 6. The molecule has 1 heterocycles. The van der Waals surface area contributed by atoms with E-state index in [0.29, 0.717) is 18.2 Å². The number of sulfone groups is 1. The third-order valence-electron chi connectivity index (χ3n) is 3.96.